The normalized spacial score (nSPS) is 18.8. The fraction of sp³-hybridized carbons (Fsp3) is 0.455. The maximum absolute atomic E-state index is 13.0. The van der Waals surface area contributed by atoms with Crippen molar-refractivity contribution in [1.82, 2.24) is 14.4 Å². The summed E-state index contributed by atoms with van der Waals surface area (Å²) in [4.78, 5) is 28.6. The smallest absolute Gasteiger partial charge is 0.456 e. The number of nitrogens with zero attached hydrogens (tertiary/aromatic N) is 3. The van der Waals surface area contributed by atoms with E-state index >= 15 is 0 Å². The van der Waals surface area contributed by atoms with E-state index in [1.165, 1.54) is 16.7 Å². The van der Waals surface area contributed by atoms with Gasteiger partial charge in [-0.2, -0.15) is 13.2 Å². The van der Waals surface area contributed by atoms with Crippen molar-refractivity contribution in [2.75, 3.05) is 26.7 Å². The minimum atomic E-state index is -4.92. The van der Waals surface area contributed by atoms with E-state index in [0.717, 1.165) is 0 Å². The van der Waals surface area contributed by atoms with Crippen LogP contribution < -0.4 is 0 Å². The number of hydrogen-bond donors (Lipinski definition) is 1. The number of aromatic hydroxyl groups is 1. The number of piperidine rings is 1. The largest absolute Gasteiger partial charge is 0.508 e. The second-order valence-electron chi connectivity index (χ2n) is 8.33. The van der Waals surface area contributed by atoms with Gasteiger partial charge in [-0.05, 0) is 56.6 Å². The lowest BCUT2D eigenvalue weighted by molar-refractivity contribution is -0.0892. The van der Waals surface area contributed by atoms with Gasteiger partial charge >= 0.3 is 6.18 Å². The molecule has 3 heterocycles. The number of Topliss-reactive ketones (excluding diaryl/α,β-unsaturated/α-hetero) is 1. The van der Waals surface area contributed by atoms with Crippen LogP contribution in [0.2, 0.25) is 0 Å². The van der Waals surface area contributed by atoms with E-state index in [1.54, 1.807) is 30.0 Å². The van der Waals surface area contributed by atoms with Gasteiger partial charge in [-0.3, -0.25) is 14.5 Å². The average Bonchev–Trinajstić information content (AvgIpc) is 3.16. The zero-order chi connectivity index (χ0) is 22.6. The van der Waals surface area contributed by atoms with E-state index in [9.17, 15) is 27.9 Å². The van der Waals surface area contributed by atoms with Crippen molar-refractivity contribution in [1.29, 1.82) is 0 Å². The van der Waals surface area contributed by atoms with Crippen LogP contribution in [0.4, 0.5) is 13.2 Å². The molecule has 6 nitrogen and oxygen atoms in total. The Kier molecular flexibility index (Phi) is 5.12. The predicted octanol–water partition coefficient (Wildman–Crippen LogP) is 3.57. The predicted molar refractivity (Wildman–Crippen MR) is 109 cm³/mol. The number of ketones is 1. The Labute approximate surface area is 179 Å². The second kappa shape index (κ2) is 7.40. The molecule has 1 N–H and O–H groups in total. The molecule has 2 aliphatic rings. The number of hydrogen-bond acceptors (Lipinski definition) is 4. The molecule has 1 amide bonds. The molecule has 0 saturated carbocycles. The highest BCUT2D eigenvalue weighted by Gasteiger charge is 2.47. The first kappa shape index (κ1) is 21.4. The molecule has 31 heavy (non-hydrogen) atoms. The molecule has 1 saturated heterocycles. The summed E-state index contributed by atoms with van der Waals surface area (Å²) in [5.74, 6) is -1.96. The third-order valence-corrected chi connectivity index (χ3v) is 6.67. The number of carbonyl (C=O) groups is 2. The molecule has 4 rings (SSSR count). The quantitative estimate of drug-likeness (QED) is 0.730. The Morgan fingerprint density at radius 1 is 1.06 bits per heavy atom. The van der Waals surface area contributed by atoms with Crippen LogP contribution in [0.15, 0.2) is 30.3 Å². The summed E-state index contributed by atoms with van der Waals surface area (Å²) in [6.45, 7) is 3.42. The number of amides is 1. The van der Waals surface area contributed by atoms with Gasteiger partial charge in [-0.25, -0.2) is 0 Å². The van der Waals surface area contributed by atoms with E-state index < -0.39 is 17.5 Å². The van der Waals surface area contributed by atoms with Crippen LogP contribution in [-0.2, 0) is 12.1 Å². The van der Waals surface area contributed by atoms with Crippen molar-refractivity contribution in [3.63, 3.8) is 0 Å². The van der Waals surface area contributed by atoms with Crippen molar-refractivity contribution in [3.8, 4) is 5.75 Å². The fourth-order valence-electron chi connectivity index (χ4n) is 4.76. The number of phenolic OH excluding ortho intramolecular Hbond substituents is 1. The number of rotatable bonds is 2. The van der Waals surface area contributed by atoms with Gasteiger partial charge in [0, 0.05) is 38.9 Å². The fourth-order valence-corrected chi connectivity index (χ4v) is 4.76. The van der Waals surface area contributed by atoms with Crippen LogP contribution in [0.5, 0.6) is 5.75 Å². The molecule has 1 fully saturated rings. The molecular formula is C22H26F3N3O3. The van der Waals surface area contributed by atoms with Crippen molar-refractivity contribution in [2.45, 2.75) is 38.0 Å². The Bertz CT molecular complexity index is 1040. The lowest BCUT2D eigenvalue weighted by atomic mass is 9.81. The van der Waals surface area contributed by atoms with Gasteiger partial charge < -0.3 is 14.6 Å². The van der Waals surface area contributed by atoms with Crippen LogP contribution >= 0.6 is 0 Å². The first-order valence-corrected chi connectivity index (χ1v) is 10.2. The highest BCUT2D eigenvalue weighted by atomic mass is 19.4. The molecule has 1 aromatic heterocycles. The molecule has 0 radical (unpaired) electrons. The molecule has 1 spiro atoms. The maximum atomic E-state index is 13.0. The number of aryl methyl sites for hydroxylation is 1. The summed E-state index contributed by atoms with van der Waals surface area (Å²) in [6.07, 6.45) is -3.84. The monoisotopic (exact) mass is 437 g/mol. The van der Waals surface area contributed by atoms with Crippen LogP contribution in [0, 0.1) is 6.92 Å². The Morgan fingerprint density at radius 2 is 1.74 bits per heavy atom. The molecular weight excluding hydrogens is 411 g/mol. The number of likely N-dealkylation sites (N-methyl/N-ethyl adjacent to an activating group) is 1. The van der Waals surface area contributed by atoms with Gasteiger partial charge in [0.1, 0.15) is 5.75 Å². The standard InChI is InChI=1S/C22H24F3N3O3.H2/c1-14-3-4-15(13-17(14)29)20(31)27-9-7-21(8-10-27)18-6-5-16(19(30)22(23,24)25)28(18)12-11-26(21)2;/h3-6,13,29H,7-12H2,1-2H3;1H. The summed E-state index contributed by atoms with van der Waals surface area (Å²) < 4.78 is 40.5. The molecule has 0 bridgehead atoms. The van der Waals surface area contributed by atoms with E-state index in [1.807, 2.05) is 7.05 Å². The molecule has 168 valence electrons. The third kappa shape index (κ3) is 3.50. The molecule has 2 aromatic rings. The van der Waals surface area contributed by atoms with Gasteiger partial charge in [-0.1, -0.05) is 6.07 Å². The van der Waals surface area contributed by atoms with Gasteiger partial charge in [0.15, 0.2) is 0 Å². The number of phenols is 1. The first-order valence-electron chi connectivity index (χ1n) is 10.2. The molecule has 1 aromatic carbocycles. The lowest BCUT2D eigenvalue weighted by Gasteiger charge is -2.50. The highest BCUT2D eigenvalue weighted by molar-refractivity contribution is 5.99. The van der Waals surface area contributed by atoms with Crippen LogP contribution in [-0.4, -0.2) is 64.0 Å². The first-order chi connectivity index (χ1) is 14.5. The summed E-state index contributed by atoms with van der Waals surface area (Å²) >= 11 is 0. The number of alkyl halides is 3. The molecule has 0 aliphatic carbocycles. The second-order valence-corrected chi connectivity index (χ2v) is 8.33. The third-order valence-electron chi connectivity index (χ3n) is 6.67. The van der Waals surface area contributed by atoms with Gasteiger partial charge in [0.25, 0.3) is 11.7 Å². The van der Waals surface area contributed by atoms with Crippen molar-refractivity contribution < 1.29 is 29.3 Å². The zero-order valence-electron chi connectivity index (χ0n) is 17.4. The summed E-state index contributed by atoms with van der Waals surface area (Å²) in [5, 5.41) is 9.91. The minimum absolute atomic E-state index is 0. The number of carbonyl (C=O) groups excluding carboxylic acids is 2. The van der Waals surface area contributed by atoms with Gasteiger partial charge in [0.2, 0.25) is 0 Å². The topological polar surface area (TPSA) is 65.8 Å². The highest BCUT2D eigenvalue weighted by Crippen LogP contribution is 2.42. The zero-order valence-corrected chi connectivity index (χ0v) is 17.4. The Hall–Kier alpha value is -2.81. The molecule has 0 atom stereocenters. The Balaban J connectivity index is 0.00000289. The van der Waals surface area contributed by atoms with E-state index in [2.05, 4.69) is 4.90 Å². The summed E-state index contributed by atoms with van der Waals surface area (Å²) in [7, 11) is 1.93. The van der Waals surface area contributed by atoms with Crippen LogP contribution in [0.3, 0.4) is 0 Å². The van der Waals surface area contributed by atoms with Crippen LogP contribution in [0.25, 0.3) is 0 Å². The van der Waals surface area contributed by atoms with E-state index in [4.69, 9.17) is 0 Å². The van der Waals surface area contributed by atoms with Gasteiger partial charge in [0.05, 0.1) is 11.2 Å². The molecule has 2 aliphatic heterocycles. The molecule has 0 unspecified atom stereocenters. The van der Waals surface area contributed by atoms with Crippen molar-refractivity contribution in [3.05, 3.63) is 52.8 Å². The minimum Gasteiger partial charge on any atom is -0.508 e. The SMILES string of the molecule is Cc1ccc(C(=O)N2CCC3(CC2)c2ccc(C(=O)C(F)(F)F)n2CCN3C)cc1O.[HH]. The Morgan fingerprint density at radius 3 is 2.35 bits per heavy atom. The van der Waals surface area contributed by atoms with E-state index in [-0.39, 0.29) is 18.8 Å². The average molecular weight is 437 g/mol. The van der Waals surface area contributed by atoms with Crippen molar-refractivity contribution >= 4 is 11.7 Å². The number of likely N-dealkylation sites (tertiary alicyclic amines) is 1. The maximum Gasteiger partial charge on any atom is 0.456 e. The summed E-state index contributed by atoms with van der Waals surface area (Å²) in [6, 6.07) is 7.70. The lowest BCUT2D eigenvalue weighted by Crippen LogP contribution is -2.56. The van der Waals surface area contributed by atoms with Crippen molar-refractivity contribution in [2.24, 2.45) is 0 Å². The number of halogens is 3. The van der Waals surface area contributed by atoms with Gasteiger partial charge in [-0.15, -0.1) is 0 Å². The van der Waals surface area contributed by atoms with E-state index in [0.29, 0.717) is 55.8 Å². The van der Waals surface area contributed by atoms with Crippen LogP contribution in [0.1, 0.15) is 46.4 Å². The number of benzene rings is 1. The number of aromatic nitrogens is 1. The number of fused-ring (bicyclic) bond motifs is 2. The summed E-state index contributed by atoms with van der Waals surface area (Å²) in [5.41, 5.74) is 0.909. The molecule has 9 heteroatoms.